The lowest BCUT2D eigenvalue weighted by Gasteiger charge is -1.96. The lowest BCUT2D eigenvalue weighted by molar-refractivity contribution is 0.269. The summed E-state index contributed by atoms with van der Waals surface area (Å²) in [6.45, 7) is 4.31. The highest BCUT2D eigenvalue weighted by molar-refractivity contribution is 9.10. The predicted molar refractivity (Wildman–Crippen MR) is 62.6 cm³/mol. The number of rotatable bonds is 4. The Morgan fingerprint density at radius 2 is 2.29 bits per heavy atom. The van der Waals surface area contributed by atoms with Gasteiger partial charge < -0.3 is 9.05 Å². The highest BCUT2D eigenvalue weighted by atomic mass is 79.9. The minimum absolute atomic E-state index is 0.173. The van der Waals surface area contributed by atoms with Crippen LogP contribution in [-0.2, 0) is 13.0 Å². The summed E-state index contributed by atoms with van der Waals surface area (Å²) in [6.07, 6.45) is 2.06. The molecule has 0 unspecified atom stereocenters. The van der Waals surface area contributed by atoms with Crippen molar-refractivity contribution in [1.82, 2.24) is 14.9 Å². The highest BCUT2D eigenvalue weighted by Gasteiger charge is 2.12. The molecule has 7 heteroatoms. The van der Waals surface area contributed by atoms with Crippen LogP contribution >= 0.6 is 15.9 Å². The molecule has 92 valence electrons. The quantitative estimate of drug-likeness (QED) is 0.861. The van der Waals surface area contributed by atoms with Crippen molar-refractivity contribution in [3.05, 3.63) is 32.8 Å². The van der Waals surface area contributed by atoms with E-state index >= 15 is 0 Å². The predicted octanol–water partition coefficient (Wildman–Crippen LogP) is 1.83. The van der Waals surface area contributed by atoms with E-state index in [1.54, 1.807) is 0 Å². The van der Waals surface area contributed by atoms with E-state index in [4.69, 9.17) is 9.05 Å². The second-order valence-corrected chi connectivity index (χ2v) is 4.97. The molecule has 0 aliphatic carbocycles. The second-order valence-electron chi connectivity index (χ2n) is 4.12. The van der Waals surface area contributed by atoms with Crippen molar-refractivity contribution in [3.63, 3.8) is 0 Å². The first-order valence-corrected chi connectivity index (χ1v) is 6.01. The van der Waals surface area contributed by atoms with Crippen molar-refractivity contribution in [3.8, 4) is 0 Å². The topological polar surface area (TPSA) is 74.1 Å². The first-order chi connectivity index (χ1) is 8.06. The Bertz CT molecular complexity index is 555. The molecule has 6 nitrogen and oxygen atoms in total. The number of aromatic nitrogens is 3. The van der Waals surface area contributed by atoms with Crippen molar-refractivity contribution < 1.29 is 9.05 Å². The maximum absolute atomic E-state index is 11.5. The maximum atomic E-state index is 11.5. The third-order valence-corrected chi connectivity index (χ3v) is 2.62. The summed E-state index contributed by atoms with van der Waals surface area (Å²) in [7, 11) is 0. The van der Waals surface area contributed by atoms with Crippen molar-refractivity contribution >= 4 is 15.9 Å². The molecule has 0 saturated carbocycles. The van der Waals surface area contributed by atoms with Crippen molar-refractivity contribution in [1.29, 1.82) is 0 Å². The van der Waals surface area contributed by atoms with Gasteiger partial charge in [0.05, 0.1) is 0 Å². The Morgan fingerprint density at radius 1 is 1.53 bits per heavy atom. The summed E-state index contributed by atoms with van der Waals surface area (Å²) < 4.78 is 11.6. The zero-order valence-electron chi connectivity index (χ0n) is 9.51. The summed E-state index contributed by atoms with van der Waals surface area (Å²) in [6, 6.07) is 0. The van der Waals surface area contributed by atoms with Crippen LogP contribution in [0.3, 0.4) is 0 Å². The molecular formula is C10H12BrN3O3. The Balaban J connectivity index is 2.11. The molecule has 0 saturated heterocycles. The van der Waals surface area contributed by atoms with Gasteiger partial charge in [-0.05, 0) is 21.8 Å². The van der Waals surface area contributed by atoms with E-state index in [-0.39, 0.29) is 12.1 Å². The molecule has 0 aliphatic rings. The summed E-state index contributed by atoms with van der Waals surface area (Å²) in [4.78, 5) is 15.7. The number of hydrogen-bond donors (Lipinski definition) is 0. The van der Waals surface area contributed by atoms with Crippen LogP contribution in [-0.4, -0.2) is 14.9 Å². The largest absolute Gasteiger partial charge is 0.383 e. The van der Waals surface area contributed by atoms with E-state index < -0.39 is 0 Å². The molecule has 0 radical (unpaired) electrons. The van der Waals surface area contributed by atoms with Gasteiger partial charge in [0.25, 0.3) is 5.56 Å². The standard InChI is InChI=1S/C10H12BrN3O3/c1-6(2)3-9-12-8(13-17-9)4-14-10(15)7(11)5-16-14/h5-6H,3-4H2,1-2H3. The van der Waals surface area contributed by atoms with E-state index in [1.807, 2.05) is 0 Å². The fourth-order valence-corrected chi connectivity index (χ4v) is 1.63. The second kappa shape index (κ2) is 4.87. The summed E-state index contributed by atoms with van der Waals surface area (Å²) >= 11 is 3.08. The average Bonchev–Trinajstić information content (AvgIpc) is 2.80. The first kappa shape index (κ1) is 12.1. The SMILES string of the molecule is CC(C)Cc1nc(Cn2occ(Br)c2=O)no1. The molecule has 2 aromatic heterocycles. The minimum Gasteiger partial charge on any atom is -0.383 e. The monoisotopic (exact) mass is 301 g/mol. The molecule has 2 rings (SSSR count). The van der Waals surface area contributed by atoms with Gasteiger partial charge in [-0.15, -0.1) is 0 Å². The fraction of sp³-hybridized carbons (Fsp3) is 0.500. The average molecular weight is 302 g/mol. The summed E-state index contributed by atoms with van der Waals surface area (Å²) in [5.41, 5.74) is -0.250. The molecule has 0 aromatic carbocycles. The van der Waals surface area contributed by atoms with E-state index in [1.165, 1.54) is 6.26 Å². The molecule has 0 bridgehead atoms. The zero-order chi connectivity index (χ0) is 12.4. The third-order valence-electron chi connectivity index (χ3n) is 2.09. The van der Waals surface area contributed by atoms with Crippen molar-refractivity contribution in [2.75, 3.05) is 0 Å². The maximum Gasteiger partial charge on any atom is 0.297 e. The Morgan fingerprint density at radius 3 is 2.88 bits per heavy atom. The van der Waals surface area contributed by atoms with Crippen LogP contribution in [0.4, 0.5) is 0 Å². The molecule has 0 atom stereocenters. The normalized spacial score (nSPS) is 11.3. The van der Waals surface area contributed by atoms with Gasteiger partial charge in [-0.2, -0.15) is 9.72 Å². The van der Waals surface area contributed by atoms with Crippen LogP contribution in [0.15, 0.2) is 24.6 Å². The van der Waals surface area contributed by atoms with E-state index in [0.717, 1.165) is 11.2 Å². The van der Waals surface area contributed by atoms with E-state index in [0.29, 0.717) is 22.1 Å². The number of hydrogen-bond acceptors (Lipinski definition) is 5. The van der Waals surface area contributed by atoms with Gasteiger partial charge in [0.15, 0.2) is 5.82 Å². The van der Waals surface area contributed by atoms with Gasteiger partial charge >= 0.3 is 0 Å². The molecule has 0 N–H and O–H groups in total. The highest BCUT2D eigenvalue weighted by Crippen LogP contribution is 2.07. The lowest BCUT2D eigenvalue weighted by atomic mass is 10.1. The van der Waals surface area contributed by atoms with E-state index in [9.17, 15) is 4.79 Å². The molecule has 0 aliphatic heterocycles. The van der Waals surface area contributed by atoms with Gasteiger partial charge in [-0.3, -0.25) is 4.79 Å². The summed E-state index contributed by atoms with van der Waals surface area (Å²) in [5, 5.41) is 3.79. The van der Waals surface area contributed by atoms with Crippen molar-refractivity contribution in [2.24, 2.45) is 5.92 Å². The molecule has 0 spiro atoms. The molecule has 0 amide bonds. The van der Waals surface area contributed by atoms with Gasteiger partial charge in [0.1, 0.15) is 17.3 Å². The lowest BCUT2D eigenvalue weighted by Crippen LogP contribution is -2.16. The van der Waals surface area contributed by atoms with Gasteiger partial charge in [-0.1, -0.05) is 19.0 Å². The van der Waals surface area contributed by atoms with Crippen LogP contribution in [0.1, 0.15) is 25.6 Å². The van der Waals surface area contributed by atoms with Crippen LogP contribution < -0.4 is 5.56 Å². The number of halogens is 1. The Kier molecular flexibility index (Phi) is 3.46. The van der Waals surface area contributed by atoms with Gasteiger partial charge in [0, 0.05) is 6.42 Å². The Labute approximate surface area is 106 Å². The molecule has 2 heterocycles. The van der Waals surface area contributed by atoms with Crippen LogP contribution in [0.5, 0.6) is 0 Å². The molecule has 0 fully saturated rings. The van der Waals surface area contributed by atoms with Gasteiger partial charge in [0.2, 0.25) is 5.89 Å². The fourth-order valence-electron chi connectivity index (χ4n) is 1.35. The van der Waals surface area contributed by atoms with Crippen LogP contribution in [0.25, 0.3) is 0 Å². The minimum atomic E-state index is -0.250. The number of nitrogens with zero attached hydrogens (tertiary/aromatic N) is 3. The molecule has 2 aromatic rings. The summed E-state index contributed by atoms with van der Waals surface area (Å²) in [5.74, 6) is 1.46. The Hall–Kier alpha value is -1.37. The van der Waals surface area contributed by atoms with Crippen LogP contribution in [0.2, 0.25) is 0 Å². The zero-order valence-corrected chi connectivity index (χ0v) is 11.1. The smallest absolute Gasteiger partial charge is 0.297 e. The van der Waals surface area contributed by atoms with Crippen molar-refractivity contribution in [2.45, 2.75) is 26.8 Å². The molecule has 17 heavy (non-hydrogen) atoms. The van der Waals surface area contributed by atoms with E-state index in [2.05, 4.69) is 39.9 Å². The third kappa shape index (κ3) is 2.85. The molecular weight excluding hydrogens is 290 g/mol. The van der Waals surface area contributed by atoms with Crippen LogP contribution in [0, 0.1) is 5.92 Å². The first-order valence-electron chi connectivity index (χ1n) is 5.22. The van der Waals surface area contributed by atoms with Gasteiger partial charge in [-0.25, -0.2) is 0 Å².